The van der Waals surface area contributed by atoms with Gasteiger partial charge in [-0.15, -0.1) is 11.3 Å². The van der Waals surface area contributed by atoms with E-state index in [1.807, 2.05) is 23.6 Å². The zero-order valence-electron chi connectivity index (χ0n) is 17.4. The molecule has 0 amide bonds. The van der Waals surface area contributed by atoms with Crippen molar-refractivity contribution in [1.82, 2.24) is 25.1 Å². The molecule has 3 N–H and O–H groups in total. The zero-order chi connectivity index (χ0) is 22.0. The molecule has 3 aromatic heterocycles. The summed E-state index contributed by atoms with van der Waals surface area (Å²) in [4.78, 5) is 15.1. The molecule has 32 heavy (non-hydrogen) atoms. The van der Waals surface area contributed by atoms with E-state index < -0.39 is 5.60 Å². The lowest BCUT2D eigenvalue weighted by atomic mass is 10.1. The van der Waals surface area contributed by atoms with E-state index in [1.54, 1.807) is 19.3 Å². The molecule has 1 aromatic carbocycles. The fraction of sp³-hybridized carbons (Fsp3) is 0.273. The predicted molar refractivity (Wildman–Crippen MR) is 123 cm³/mol. The van der Waals surface area contributed by atoms with E-state index in [2.05, 4.69) is 47.2 Å². The van der Waals surface area contributed by atoms with E-state index in [1.165, 1.54) is 17.7 Å². The second kappa shape index (κ2) is 8.55. The van der Waals surface area contributed by atoms with Crippen LogP contribution in [0.1, 0.15) is 17.5 Å². The summed E-state index contributed by atoms with van der Waals surface area (Å²) in [5, 5.41) is 24.2. The van der Waals surface area contributed by atoms with E-state index in [4.69, 9.17) is 4.74 Å². The monoisotopic (exact) mass is 447 g/mol. The van der Waals surface area contributed by atoms with E-state index >= 15 is 0 Å². The summed E-state index contributed by atoms with van der Waals surface area (Å²) in [5.41, 5.74) is 1.99. The summed E-state index contributed by atoms with van der Waals surface area (Å²) in [6.45, 7) is 4.59. The Morgan fingerprint density at radius 2 is 2.12 bits per heavy atom. The summed E-state index contributed by atoms with van der Waals surface area (Å²) in [5.74, 6) is 6.69. The number of thiazole rings is 1. The number of nitrogens with zero attached hydrogens (tertiary/aromatic N) is 5. The van der Waals surface area contributed by atoms with Crippen LogP contribution in [-0.2, 0) is 10.3 Å². The quantitative estimate of drug-likeness (QED) is 0.410. The minimum Gasteiger partial charge on any atom is -0.378 e. The SMILES string of the molecule is CC(O)(C#Cc1ccc(N2CCOCC2)c(Nc2ncnc3[nH]ncc23)c1)c1nccs1. The lowest BCUT2D eigenvalue weighted by Crippen LogP contribution is -2.36. The predicted octanol–water partition coefficient (Wildman–Crippen LogP) is 2.65. The van der Waals surface area contributed by atoms with Crippen LogP contribution in [0.4, 0.5) is 17.2 Å². The Balaban J connectivity index is 1.52. The van der Waals surface area contributed by atoms with Crippen LogP contribution < -0.4 is 10.2 Å². The number of hydrogen-bond acceptors (Lipinski definition) is 9. The first kappa shape index (κ1) is 20.4. The van der Waals surface area contributed by atoms with Gasteiger partial charge in [0.25, 0.3) is 0 Å². The number of nitrogens with one attached hydrogen (secondary N) is 2. The van der Waals surface area contributed by atoms with Crippen LogP contribution in [0.25, 0.3) is 11.0 Å². The normalized spacial score (nSPS) is 15.8. The molecular weight excluding hydrogens is 426 g/mol. The Morgan fingerprint density at radius 1 is 1.25 bits per heavy atom. The number of H-pyrrole nitrogens is 1. The van der Waals surface area contributed by atoms with Crippen molar-refractivity contribution < 1.29 is 9.84 Å². The molecule has 9 nitrogen and oxygen atoms in total. The number of ether oxygens (including phenoxy) is 1. The van der Waals surface area contributed by atoms with Crippen molar-refractivity contribution in [3.05, 3.63) is 52.9 Å². The minimum absolute atomic E-state index is 0.566. The highest BCUT2D eigenvalue weighted by Crippen LogP contribution is 2.32. The van der Waals surface area contributed by atoms with Gasteiger partial charge in [0.15, 0.2) is 11.2 Å². The zero-order valence-corrected chi connectivity index (χ0v) is 18.2. The number of aliphatic hydroxyl groups is 1. The summed E-state index contributed by atoms with van der Waals surface area (Å²) in [7, 11) is 0. The number of benzene rings is 1. The third-order valence-corrected chi connectivity index (χ3v) is 6.13. The molecule has 4 heterocycles. The van der Waals surface area contributed by atoms with Crippen molar-refractivity contribution in [3.63, 3.8) is 0 Å². The Morgan fingerprint density at radius 3 is 2.94 bits per heavy atom. The topological polar surface area (TPSA) is 112 Å². The number of aromatic nitrogens is 5. The Hall–Kier alpha value is -3.52. The molecule has 1 atom stereocenters. The van der Waals surface area contributed by atoms with Crippen LogP contribution in [0.3, 0.4) is 0 Å². The molecule has 1 fully saturated rings. The molecule has 1 unspecified atom stereocenters. The van der Waals surface area contributed by atoms with Gasteiger partial charge in [0, 0.05) is 30.2 Å². The molecule has 0 saturated carbocycles. The lowest BCUT2D eigenvalue weighted by molar-refractivity contribution is 0.121. The van der Waals surface area contributed by atoms with Crippen molar-refractivity contribution in [2.75, 3.05) is 36.5 Å². The molecule has 0 radical (unpaired) electrons. The number of aromatic amines is 1. The number of rotatable bonds is 4. The van der Waals surface area contributed by atoms with Crippen molar-refractivity contribution >= 4 is 39.6 Å². The van der Waals surface area contributed by atoms with Gasteiger partial charge < -0.3 is 20.1 Å². The fourth-order valence-electron chi connectivity index (χ4n) is 3.50. The summed E-state index contributed by atoms with van der Waals surface area (Å²) < 4.78 is 5.51. The van der Waals surface area contributed by atoms with Gasteiger partial charge in [-0.3, -0.25) is 5.10 Å². The maximum atomic E-state index is 10.7. The smallest absolute Gasteiger partial charge is 0.174 e. The highest BCUT2D eigenvalue weighted by molar-refractivity contribution is 7.09. The van der Waals surface area contributed by atoms with E-state index in [9.17, 15) is 5.11 Å². The van der Waals surface area contributed by atoms with Crippen LogP contribution in [0.5, 0.6) is 0 Å². The van der Waals surface area contributed by atoms with Crippen LogP contribution in [0.2, 0.25) is 0 Å². The molecular formula is C22H21N7O2S. The van der Waals surface area contributed by atoms with Gasteiger partial charge >= 0.3 is 0 Å². The lowest BCUT2D eigenvalue weighted by Gasteiger charge is -2.30. The third kappa shape index (κ3) is 4.13. The molecule has 5 rings (SSSR count). The standard InChI is InChI=1S/C22H21N7O2S/c1-22(30,21-23-6-11-32-21)5-4-15-2-3-18(29-7-9-31-10-8-29)17(12-15)27-19-16-13-26-28-20(16)25-14-24-19/h2-3,6,11-14,30H,7-10H2,1H3,(H2,24,25,26,27,28). The number of morpholine rings is 1. The Labute approximate surface area is 188 Å². The highest BCUT2D eigenvalue weighted by atomic mass is 32.1. The van der Waals surface area contributed by atoms with Crippen LogP contribution in [0.15, 0.2) is 42.3 Å². The van der Waals surface area contributed by atoms with E-state index in [0.29, 0.717) is 29.7 Å². The largest absolute Gasteiger partial charge is 0.378 e. The van der Waals surface area contributed by atoms with Crippen LogP contribution >= 0.6 is 11.3 Å². The molecule has 0 spiro atoms. The molecule has 1 aliphatic heterocycles. The van der Waals surface area contributed by atoms with Gasteiger partial charge in [-0.1, -0.05) is 11.8 Å². The van der Waals surface area contributed by atoms with Gasteiger partial charge in [-0.2, -0.15) is 5.10 Å². The maximum Gasteiger partial charge on any atom is 0.174 e. The first-order valence-corrected chi connectivity index (χ1v) is 11.0. The Bertz CT molecular complexity index is 1280. The molecule has 0 aliphatic carbocycles. The highest BCUT2D eigenvalue weighted by Gasteiger charge is 2.23. The Kier molecular flexibility index (Phi) is 5.45. The molecule has 0 bridgehead atoms. The van der Waals surface area contributed by atoms with Gasteiger partial charge in [0.2, 0.25) is 0 Å². The summed E-state index contributed by atoms with van der Waals surface area (Å²) in [6, 6.07) is 5.95. The third-order valence-electron chi connectivity index (χ3n) is 5.15. The first-order chi connectivity index (χ1) is 15.6. The number of hydrogen-bond donors (Lipinski definition) is 3. The maximum absolute atomic E-state index is 10.7. The molecule has 162 valence electrons. The van der Waals surface area contributed by atoms with Crippen LogP contribution in [0, 0.1) is 11.8 Å². The van der Waals surface area contributed by atoms with Gasteiger partial charge in [-0.05, 0) is 25.1 Å². The molecule has 10 heteroatoms. The number of fused-ring (bicyclic) bond motifs is 1. The van der Waals surface area contributed by atoms with E-state index in [0.717, 1.165) is 35.4 Å². The van der Waals surface area contributed by atoms with Crippen molar-refractivity contribution in [2.45, 2.75) is 12.5 Å². The average Bonchev–Trinajstić information content (AvgIpc) is 3.52. The molecule has 4 aromatic rings. The molecule has 1 saturated heterocycles. The number of anilines is 3. The molecule has 1 aliphatic rings. The fourth-order valence-corrected chi connectivity index (χ4v) is 4.15. The minimum atomic E-state index is -1.32. The second-order valence-corrected chi connectivity index (χ2v) is 8.36. The van der Waals surface area contributed by atoms with Gasteiger partial charge in [0.05, 0.1) is 36.2 Å². The van der Waals surface area contributed by atoms with Crippen molar-refractivity contribution in [3.8, 4) is 11.8 Å². The summed E-state index contributed by atoms with van der Waals surface area (Å²) >= 11 is 1.38. The second-order valence-electron chi connectivity index (χ2n) is 7.47. The summed E-state index contributed by atoms with van der Waals surface area (Å²) in [6.07, 6.45) is 4.85. The first-order valence-electron chi connectivity index (χ1n) is 10.1. The van der Waals surface area contributed by atoms with Crippen molar-refractivity contribution in [2.24, 2.45) is 0 Å². The average molecular weight is 448 g/mol. The van der Waals surface area contributed by atoms with Crippen LogP contribution in [-0.4, -0.2) is 56.6 Å². The van der Waals surface area contributed by atoms with E-state index in [-0.39, 0.29) is 0 Å². The van der Waals surface area contributed by atoms with Crippen molar-refractivity contribution in [1.29, 1.82) is 0 Å². The van der Waals surface area contributed by atoms with Gasteiger partial charge in [-0.25, -0.2) is 15.0 Å². The van der Waals surface area contributed by atoms with Gasteiger partial charge in [0.1, 0.15) is 17.2 Å².